The van der Waals surface area contributed by atoms with Crippen LogP contribution in [0.5, 0.6) is 0 Å². The largest absolute Gasteiger partial charge is 0.368 e. The van der Waals surface area contributed by atoms with Gasteiger partial charge in [-0.2, -0.15) is 0 Å². The molecule has 0 fully saturated rings. The van der Waals surface area contributed by atoms with E-state index in [-0.39, 0.29) is 12.1 Å². The molecule has 0 bridgehead atoms. The van der Waals surface area contributed by atoms with E-state index in [1.807, 2.05) is 12.1 Å². The highest BCUT2D eigenvalue weighted by Gasteiger charge is 2.38. The summed E-state index contributed by atoms with van der Waals surface area (Å²) in [5, 5.41) is 14.2. The zero-order valence-corrected chi connectivity index (χ0v) is 15.0. The number of primary amides is 1. The van der Waals surface area contributed by atoms with Crippen LogP contribution in [0.2, 0.25) is 0 Å². The molecule has 3 aromatic rings. The fourth-order valence-electron chi connectivity index (χ4n) is 3.02. The van der Waals surface area contributed by atoms with Crippen LogP contribution in [-0.2, 0) is 23.3 Å². The highest BCUT2D eigenvalue weighted by atomic mass is 16.6. The molecule has 2 aromatic heterocycles. The average Bonchev–Trinajstić information content (AvgIpc) is 2.72. The molecule has 1 atom stereocenters. The molecule has 0 saturated carbocycles. The Morgan fingerprint density at radius 1 is 1.04 bits per heavy atom. The molecule has 28 heavy (non-hydrogen) atoms. The van der Waals surface area contributed by atoms with Crippen LogP contribution in [0.4, 0.5) is 5.69 Å². The van der Waals surface area contributed by atoms with Crippen molar-refractivity contribution in [2.24, 2.45) is 5.73 Å². The number of aromatic nitrogens is 2. The Bertz CT molecular complexity index is 949. The number of carbonyl (C=O) groups excluding carboxylic acids is 1. The van der Waals surface area contributed by atoms with Gasteiger partial charge in [-0.1, -0.05) is 12.1 Å². The monoisotopic (exact) mass is 377 g/mol. The number of rotatable bonds is 8. The lowest BCUT2D eigenvalue weighted by Gasteiger charge is -2.32. The Morgan fingerprint density at radius 3 is 2.14 bits per heavy atom. The summed E-state index contributed by atoms with van der Waals surface area (Å²) in [5.74, 6) is -0.589. The van der Waals surface area contributed by atoms with E-state index in [9.17, 15) is 14.9 Å². The lowest BCUT2D eigenvalue weighted by atomic mass is 9.83. The van der Waals surface area contributed by atoms with Crippen LogP contribution in [0.3, 0.4) is 0 Å². The summed E-state index contributed by atoms with van der Waals surface area (Å²) in [7, 11) is 0. The van der Waals surface area contributed by atoms with E-state index in [1.54, 1.807) is 49.1 Å². The zero-order chi connectivity index (χ0) is 20.0. The van der Waals surface area contributed by atoms with Crippen molar-refractivity contribution in [3.8, 4) is 0 Å². The number of hydrogen-bond donors (Lipinski definition) is 2. The van der Waals surface area contributed by atoms with Gasteiger partial charge in [0.1, 0.15) is 5.54 Å². The van der Waals surface area contributed by atoms with E-state index in [4.69, 9.17) is 5.73 Å². The molecule has 1 amide bonds. The molecule has 1 aromatic carbocycles. The number of nitro groups is 1. The summed E-state index contributed by atoms with van der Waals surface area (Å²) in [5.41, 5.74) is 6.73. The second-order valence-electron chi connectivity index (χ2n) is 6.33. The molecule has 8 nitrogen and oxygen atoms in total. The predicted molar refractivity (Wildman–Crippen MR) is 103 cm³/mol. The number of benzene rings is 1. The summed E-state index contributed by atoms with van der Waals surface area (Å²) in [6.07, 6.45) is 6.91. The first kappa shape index (κ1) is 19.1. The van der Waals surface area contributed by atoms with Gasteiger partial charge in [-0.15, -0.1) is 0 Å². The highest BCUT2D eigenvalue weighted by Crippen LogP contribution is 2.28. The molecule has 0 spiro atoms. The van der Waals surface area contributed by atoms with Crippen molar-refractivity contribution in [2.75, 3.05) is 0 Å². The van der Waals surface area contributed by atoms with Gasteiger partial charge in [-0.25, -0.2) is 0 Å². The summed E-state index contributed by atoms with van der Waals surface area (Å²) in [6, 6.07) is 13.1. The first-order valence-corrected chi connectivity index (χ1v) is 8.59. The third kappa shape index (κ3) is 4.18. The Balaban J connectivity index is 2.01. The van der Waals surface area contributed by atoms with Crippen molar-refractivity contribution in [3.63, 3.8) is 0 Å². The van der Waals surface area contributed by atoms with Crippen molar-refractivity contribution in [2.45, 2.75) is 18.5 Å². The predicted octanol–water partition coefficient (Wildman–Crippen LogP) is 2.10. The molecule has 0 aliphatic carbocycles. The van der Waals surface area contributed by atoms with Crippen LogP contribution in [-0.4, -0.2) is 20.8 Å². The van der Waals surface area contributed by atoms with Gasteiger partial charge in [0.25, 0.3) is 5.69 Å². The van der Waals surface area contributed by atoms with E-state index in [1.165, 1.54) is 12.1 Å². The minimum Gasteiger partial charge on any atom is -0.368 e. The maximum absolute atomic E-state index is 12.7. The van der Waals surface area contributed by atoms with Crippen LogP contribution in [0.15, 0.2) is 73.3 Å². The van der Waals surface area contributed by atoms with Gasteiger partial charge in [-0.05, 0) is 41.0 Å². The fourth-order valence-corrected chi connectivity index (χ4v) is 3.02. The summed E-state index contributed by atoms with van der Waals surface area (Å²) < 4.78 is 0. The van der Waals surface area contributed by atoms with Crippen molar-refractivity contribution in [3.05, 3.63) is 100 Å². The minimum atomic E-state index is -1.27. The van der Waals surface area contributed by atoms with Crippen LogP contribution in [0, 0.1) is 10.1 Å². The standard InChI is InChI=1S/C20H19N5O3/c21-19(26)20(11-15-3-1-9-22-12-15,24-14-16-4-2-10-23-13-16)17-5-7-18(8-6-17)25(27)28/h1-10,12-13,24H,11,14H2,(H2,21,26). The number of nitrogens with two attached hydrogens (primary N) is 1. The quantitative estimate of drug-likeness (QED) is 0.458. The van der Waals surface area contributed by atoms with Gasteiger partial charge in [0.2, 0.25) is 5.91 Å². The second kappa shape index (κ2) is 8.36. The third-order valence-corrected chi connectivity index (χ3v) is 4.50. The topological polar surface area (TPSA) is 124 Å². The molecule has 0 aliphatic rings. The van der Waals surface area contributed by atoms with Gasteiger partial charge < -0.3 is 5.73 Å². The number of hydrogen-bond acceptors (Lipinski definition) is 6. The number of pyridine rings is 2. The van der Waals surface area contributed by atoms with E-state index in [0.29, 0.717) is 12.1 Å². The number of carbonyl (C=O) groups is 1. The molecule has 1 unspecified atom stereocenters. The molecular weight excluding hydrogens is 358 g/mol. The van der Waals surface area contributed by atoms with Crippen LogP contribution < -0.4 is 11.1 Å². The van der Waals surface area contributed by atoms with Gasteiger partial charge in [0.05, 0.1) is 4.92 Å². The number of nitro benzene ring substituents is 1. The van der Waals surface area contributed by atoms with E-state index >= 15 is 0 Å². The molecule has 0 radical (unpaired) electrons. The lowest BCUT2D eigenvalue weighted by molar-refractivity contribution is -0.384. The van der Waals surface area contributed by atoms with Crippen LogP contribution in [0.25, 0.3) is 0 Å². The summed E-state index contributed by atoms with van der Waals surface area (Å²) in [4.78, 5) is 31.3. The molecule has 0 aliphatic heterocycles. The van der Waals surface area contributed by atoms with E-state index in [2.05, 4.69) is 15.3 Å². The summed E-state index contributed by atoms with van der Waals surface area (Å²) in [6.45, 7) is 0.341. The van der Waals surface area contributed by atoms with Gasteiger partial charge in [0.15, 0.2) is 0 Å². The molecule has 2 heterocycles. The smallest absolute Gasteiger partial charge is 0.269 e. The van der Waals surface area contributed by atoms with Gasteiger partial charge >= 0.3 is 0 Å². The molecule has 3 N–H and O–H groups in total. The van der Waals surface area contributed by atoms with Gasteiger partial charge in [-0.3, -0.25) is 30.2 Å². The van der Waals surface area contributed by atoms with E-state index in [0.717, 1.165) is 11.1 Å². The lowest BCUT2D eigenvalue weighted by Crippen LogP contribution is -2.54. The third-order valence-electron chi connectivity index (χ3n) is 4.50. The maximum Gasteiger partial charge on any atom is 0.269 e. The number of non-ortho nitro benzene ring substituents is 1. The maximum atomic E-state index is 12.7. The van der Waals surface area contributed by atoms with Crippen LogP contribution in [0.1, 0.15) is 16.7 Å². The normalized spacial score (nSPS) is 12.9. The fraction of sp³-hybridized carbons (Fsp3) is 0.150. The van der Waals surface area contributed by atoms with E-state index < -0.39 is 16.4 Å². The number of amides is 1. The molecular formula is C20H19N5O3. The zero-order valence-electron chi connectivity index (χ0n) is 15.0. The van der Waals surface area contributed by atoms with Crippen molar-refractivity contribution in [1.82, 2.24) is 15.3 Å². The Morgan fingerprint density at radius 2 is 1.64 bits per heavy atom. The second-order valence-corrected chi connectivity index (χ2v) is 6.33. The SMILES string of the molecule is NC(=O)C(Cc1cccnc1)(NCc1cccnc1)c1ccc([N+](=O)[O-])cc1. The first-order valence-electron chi connectivity index (χ1n) is 8.59. The average molecular weight is 377 g/mol. The molecule has 8 heteroatoms. The Labute approximate surface area is 161 Å². The summed E-state index contributed by atoms with van der Waals surface area (Å²) >= 11 is 0. The van der Waals surface area contributed by atoms with Crippen molar-refractivity contribution < 1.29 is 9.72 Å². The molecule has 142 valence electrons. The highest BCUT2D eigenvalue weighted by molar-refractivity contribution is 5.86. The Kier molecular flexibility index (Phi) is 5.71. The van der Waals surface area contributed by atoms with Gasteiger partial charge in [0, 0.05) is 49.9 Å². The molecule has 3 rings (SSSR count). The Hall–Kier alpha value is -3.65. The van der Waals surface area contributed by atoms with Crippen LogP contribution >= 0.6 is 0 Å². The minimum absolute atomic E-state index is 0.0595. The molecule has 0 saturated heterocycles. The number of nitrogens with zero attached hydrogens (tertiary/aromatic N) is 3. The van der Waals surface area contributed by atoms with Crippen molar-refractivity contribution in [1.29, 1.82) is 0 Å². The number of nitrogens with one attached hydrogen (secondary N) is 1. The van der Waals surface area contributed by atoms with Crippen molar-refractivity contribution >= 4 is 11.6 Å². The first-order chi connectivity index (χ1) is 13.5.